The summed E-state index contributed by atoms with van der Waals surface area (Å²) in [7, 11) is 0. The largest absolute Gasteiger partial charge is 0.495 e. The van der Waals surface area contributed by atoms with Crippen LogP contribution < -0.4 is 0 Å². The van der Waals surface area contributed by atoms with Crippen molar-refractivity contribution in [2.24, 2.45) is 11.3 Å². The van der Waals surface area contributed by atoms with Crippen LogP contribution in [0.5, 0.6) is 0 Å². The van der Waals surface area contributed by atoms with E-state index in [4.69, 9.17) is 4.74 Å². The molecule has 1 saturated carbocycles. The van der Waals surface area contributed by atoms with Gasteiger partial charge in [0.15, 0.2) is 0 Å². The first-order valence-corrected chi connectivity index (χ1v) is 5.73. The first kappa shape index (κ1) is 11.6. The molecule has 0 bridgehead atoms. The Bertz CT molecular complexity index is 200. The second kappa shape index (κ2) is 4.37. The average molecular weight is 196 g/mol. The lowest BCUT2D eigenvalue weighted by molar-refractivity contribution is -0.0127. The zero-order chi connectivity index (χ0) is 10.8. The van der Waals surface area contributed by atoms with Crippen molar-refractivity contribution in [2.75, 3.05) is 0 Å². The molecule has 0 N–H and O–H groups in total. The summed E-state index contributed by atoms with van der Waals surface area (Å²) >= 11 is 0. The molecule has 0 radical (unpaired) electrons. The quantitative estimate of drug-likeness (QED) is 0.603. The van der Waals surface area contributed by atoms with Gasteiger partial charge in [0.2, 0.25) is 0 Å². The van der Waals surface area contributed by atoms with Crippen LogP contribution in [0.25, 0.3) is 0 Å². The molecule has 2 unspecified atom stereocenters. The maximum Gasteiger partial charge on any atom is 0.101 e. The van der Waals surface area contributed by atoms with E-state index >= 15 is 0 Å². The van der Waals surface area contributed by atoms with Gasteiger partial charge in [0.05, 0.1) is 5.76 Å². The molecule has 1 rings (SSSR count). The predicted molar refractivity (Wildman–Crippen MR) is 61.1 cm³/mol. The highest BCUT2D eigenvalue weighted by Gasteiger charge is 2.35. The molecule has 0 aromatic rings. The predicted octanol–water partition coefficient (Wildman–Crippen LogP) is 4.14. The normalized spacial score (nSPS) is 28.6. The molecule has 1 aliphatic carbocycles. The molecule has 1 heteroatoms. The Morgan fingerprint density at radius 3 is 2.29 bits per heavy atom. The summed E-state index contributed by atoms with van der Waals surface area (Å²) in [5.74, 6) is 1.55. The van der Waals surface area contributed by atoms with Crippen LogP contribution in [0.4, 0.5) is 0 Å². The van der Waals surface area contributed by atoms with Crippen LogP contribution in [0.1, 0.15) is 53.4 Å². The van der Waals surface area contributed by atoms with Crippen molar-refractivity contribution in [3.8, 4) is 0 Å². The monoisotopic (exact) mass is 196 g/mol. The number of allylic oxidation sites excluding steroid dienone is 1. The van der Waals surface area contributed by atoms with Gasteiger partial charge in [-0.3, -0.25) is 0 Å². The van der Waals surface area contributed by atoms with Gasteiger partial charge in [0, 0.05) is 5.92 Å². The average Bonchev–Trinajstić information content (AvgIpc) is 2.01. The standard InChI is InChI=1S/C13H24O/c1-10(2)14-12-9-7-6-8-11(12)13(3,4)5/h11-12H,1,6-9H2,2-5H3. The van der Waals surface area contributed by atoms with Gasteiger partial charge in [-0.2, -0.15) is 0 Å². The summed E-state index contributed by atoms with van der Waals surface area (Å²) in [5, 5.41) is 0. The topological polar surface area (TPSA) is 9.23 Å². The number of ether oxygens (including phenoxy) is 1. The Morgan fingerprint density at radius 1 is 1.21 bits per heavy atom. The minimum Gasteiger partial charge on any atom is -0.495 e. The van der Waals surface area contributed by atoms with Gasteiger partial charge in [-0.1, -0.05) is 33.8 Å². The van der Waals surface area contributed by atoms with E-state index in [9.17, 15) is 0 Å². The molecule has 0 aromatic heterocycles. The summed E-state index contributed by atoms with van der Waals surface area (Å²) in [6, 6.07) is 0. The van der Waals surface area contributed by atoms with Crippen molar-refractivity contribution >= 4 is 0 Å². The molecular weight excluding hydrogens is 172 g/mol. The smallest absolute Gasteiger partial charge is 0.101 e. The lowest BCUT2D eigenvalue weighted by Gasteiger charge is -2.40. The van der Waals surface area contributed by atoms with Crippen molar-refractivity contribution < 1.29 is 4.74 Å². The molecule has 1 aliphatic rings. The molecule has 0 aromatic carbocycles. The van der Waals surface area contributed by atoms with Gasteiger partial charge in [-0.15, -0.1) is 0 Å². The summed E-state index contributed by atoms with van der Waals surface area (Å²) in [4.78, 5) is 0. The number of hydrogen-bond acceptors (Lipinski definition) is 1. The minimum absolute atomic E-state index is 0.362. The molecule has 1 fully saturated rings. The van der Waals surface area contributed by atoms with E-state index < -0.39 is 0 Å². The van der Waals surface area contributed by atoms with E-state index in [0.29, 0.717) is 17.4 Å². The molecule has 0 aliphatic heterocycles. The SMILES string of the molecule is C=C(C)OC1CCCCC1C(C)(C)C. The van der Waals surface area contributed by atoms with Crippen molar-refractivity contribution in [3.63, 3.8) is 0 Å². The highest BCUT2D eigenvalue weighted by atomic mass is 16.5. The Balaban J connectivity index is 2.64. The van der Waals surface area contributed by atoms with Crippen molar-refractivity contribution in [1.29, 1.82) is 0 Å². The fraction of sp³-hybridized carbons (Fsp3) is 0.846. The van der Waals surface area contributed by atoms with Crippen molar-refractivity contribution in [1.82, 2.24) is 0 Å². The summed E-state index contributed by atoms with van der Waals surface area (Å²) in [6.45, 7) is 12.7. The minimum atomic E-state index is 0.362. The fourth-order valence-corrected chi connectivity index (χ4v) is 2.49. The third kappa shape index (κ3) is 3.04. The third-order valence-electron chi connectivity index (χ3n) is 3.17. The van der Waals surface area contributed by atoms with Crippen LogP contribution in [-0.2, 0) is 4.74 Å². The number of hydrogen-bond donors (Lipinski definition) is 0. The molecule has 0 saturated heterocycles. The lowest BCUT2D eigenvalue weighted by atomic mass is 9.70. The Hall–Kier alpha value is -0.460. The van der Waals surface area contributed by atoms with E-state index in [-0.39, 0.29) is 0 Å². The van der Waals surface area contributed by atoms with Gasteiger partial charge in [-0.25, -0.2) is 0 Å². The molecule has 0 spiro atoms. The van der Waals surface area contributed by atoms with Crippen LogP contribution in [0.15, 0.2) is 12.3 Å². The summed E-state index contributed by atoms with van der Waals surface area (Å²) in [5.41, 5.74) is 0.362. The Kier molecular flexibility index (Phi) is 3.63. The van der Waals surface area contributed by atoms with Crippen LogP contribution in [0.2, 0.25) is 0 Å². The molecule has 2 atom stereocenters. The van der Waals surface area contributed by atoms with E-state index in [1.807, 2.05) is 6.92 Å². The first-order valence-electron chi connectivity index (χ1n) is 5.73. The fourth-order valence-electron chi connectivity index (χ4n) is 2.49. The van der Waals surface area contributed by atoms with E-state index in [2.05, 4.69) is 27.4 Å². The van der Waals surface area contributed by atoms with Crippen LogP contribution >= 0.6 is 0 Å². The molecule has 0 amide bonds. The summed E-state index contributed by atoms with van der Waals surface area (Å²) in [6.07, 6.45) is 5.58. The third-order valence-corrected chi connectivity index (χ3v) is 3.17. The zero-order valence-corrected chi connectivity index (χ0v) is 10.1. The van der Waals surface area contributed by atoms with Gasteiger partial charge >= 0.3 is 0 Å². The molecular formula is C13H24O. The van der Waals surface area contributed by atoms with Gasteiger partial charge < -0.3 is 4.74 Å². The van der Waals surface area contributed by atoms with Crippen molar-refractivity contribution in [2.45, 2.75) is 59.5 Å². The first-order chi connectivity index (χ1) is 6.41. The summed E-state index contributed by atoms with van der Waals surface area (Å²) < 4.78 is 5.84. The Morgan fingerprint density at radius 2 is 1.79 bits per heavy atom. The van der Waals surface area contributed by atoms with E-state index in [0.717, 1.165) is 5.76 Å². The highest BCUT2D eigenvalue weighted by molar-refractivity contribution is 4.88. The maximum atomic E-state index is 5.84. The maximum absolute atomic E-state index is 5.84. The van der Waals surface area contributed by atoms with Crippen LogP contribution in [-0.4, -0.2) is 6.10 Å². The second-order valence-electron chi connectivity index (χ2n) is 5.62. The molecule has 82 valence electrons. The molecule has 14 heavy (non-hydrogen) atoms. The van der Waals surface area contributed by atoms with E-state index in [1.165, 1.54) is 25.7 Å². The zero-order valence-electron chi connectivity index (χ0n) is 10.1. The molecule has 1 nitrogen and oxygen atoms in total. The van der Waals surface area contributed by atoms with Crippen LogP contribution in [0.3, 0.4) is 0 Å². The Labute approximate surface area is 88.5 Å². The van der Waals surface area contributed by atoms with Crippen LogP contribution in [0, 0.1) is 11.3 Å². The van der Waals surface area contributed by atoms with Crippen molar-refractivity contribution in [3.05, 3.63) is 12.3 Å². The molecule has 0 heterocycles. The van der Waals surface area contributed by atoms with Gasteiger partial charge in [-0.05, 0) is 31.6 Å². The van der Waals surface area contributed by atoms with E-state index in [1.54, 1.807) is 0 Å². The van der Waals surface area contributed by atoms with Gasteiger partial charge in [0.1, 0.15) is 6.10 Å². The van der Waals surface area contributed by atoms with Gasteiger partial charge in [0.25, 0.3) is 0 Å². The lowest BCUT2D eigenvalue weighted by Crippen LogP contribution is -2.36. The second-order valence-corrected chi connectivity index (χ2v) is 5.62. The number of rotatable bonds is 2. The highest BCUT2D eigenvalue weighted by Crippen LogP contribution is 2.39.